The zero-order chi connectivity index (χ0) is 12.3. The molecule has 0 aliphatic heterocycles. The molecule has 1 aromatic rings. The fourth-order valence-electron chi connectivity index (χ4n) is 1.26. The quantitative estimate of drug-likeness (QED) is 0.485. The van der Waals surface area contributed by atoms with Gasteiger partial charge in [0.15, 0.2) is 11.5 Å². The van der Waals surface area contributed by atoms with E-state index in [9.17, 15) is 14.9 Å². The molecule has 0 unspecified atom stereocenters. The molecule has 0 N–H and O–H groups in total. The molecule has 1 aromatic carbocycles. The second-order valence-electron chi connectivity index (χ2n) is 3.02. The molecule has 5 nitrogen and oxygen atoms in total. The molecular formula is C10H10BrNO4. The van der Waals surface area contributed by atoms with Crippen molar-refractivity contribution >= 4 is 27.4 Å². The average molecular weight is 288 g/mol. The van der Waals surface area contributed by atoms with Gasteiger partial charge in [-0.05, 0) is 41.9 Å². The van der Waals surface area contributed by atoms with E-state index in [2.05, 4.69) is 15.9 Å². The topological polar surface area (TPSA) is 69.4 Å². The van der Waals surface area contributed by atoms with Crippen LogP contribution in [0.2, 0.25) is 0 Å². The van der Waals surface area contributed by atoms with Crippen molar-refractivity contribution in [3.63, 3.8) is 0 Å². The van der Waals surface area contributed by atoms with E-state index in [4.69, 9.17) is 4.74 Å². The molecule has 0 bridgehead atoms. The predicted octanol–water partition coefficient (Wildman–Crippen LogP) is 2.96. The second-order valence-corrected chi connectivity index (χ2v) is 3.81. The first kappa shape index (κ1) is 12.6. The Morgan fingerprint density at radius 3 is 2.62 bits per heavy atom. The minimum Gasteiger partial charge on any atom is -0.487 e. The van der Waals surface area contributed by atoms with E-state index in [1.807, 2.05) is 0 Å². The monoisotopic (exact) mass is 287 g/mol. The maximum atomic E-state index is 11.2. The fourth-order valence-corrected chi connectivity index (χ4v) is 2.01. The number of carbonyl (C=O) groups is 1. The lowest BCUT2D eigenvalue weighted by Crippen LogP contribution is -2.02. The summed E-state index contributed by atoms with van der Waals surface area (Å²) in [6, 6.07) is 2.94. The molecule has 0 saturated heterocycles. The Morgan fingerprint density at radius 1 is 1.56 bits per heavy atom. The van der Waals surface area contributed by atoms with Gasteiger partial charge in [0, 0.05) is 5.56 Å². The van der Waals surface area contributed by atoms with Crippen LogP contribution in [-0.4, -0.2) is 17.3 Å². The second kappa shape index (κ2) is 5.07. The summed E-state index contributed by atoms with van der Waals surface area (Å²) in [5, 5.41) is 10.9. The van der Waals surface area contributed by atoms with Crippen LogP contribution < -0.4 is 4.74 Å². The van der Waals surface area contributed by atoms with Gasteiger partial charge in [0.1, 0.15) is 4.47 Å². The summed E-state index contributed by atoms with van der Waals surface area (Å²) in [4.78, 5) is 21.5. The minimum absolute atomic E-state index is 0.157. The van der Waals surface area contributed by atoms with E-state index in [0.29, 0.717) is 6.61 Å². The van der Waals surface area contributed by atoms with E-state index >= 15 is 0 Å². The SMILES string of the molecule is CCOc1ccc(C(C)=O)c(Br)c1[N+](=O)[O-]. The molecule has 1 rings (SSSR count). The standard InChI is InChI=1S/C10H10BrNO4/c1-3-16-8-5-4-7(6(2)13)9(11)10(8)12(14)15/h4-5H,3H2,1-2H3. The van der Waals surface area contributed by atoms with Gasteiger partial charge in [-0.3, -0.25) is 14.9 Å². The van der Waals surface area contributed by atoms with Crippen molar-refractivity contribution in [1.82, 2.24) is 0 Å². The molecule has 6 heteroatoms. The van der Waals surface area contributed by atoms with Crippen LogP contribution in [0.25, 0.3) is 0 Å². The third-order valence-electron chi connectivity index (χ3n) is 1.94. The summed E-state index contributed by atoms with van der Waals surface area (Å²) >= 11 is 3.06. The maximum Gasteiger partial charge on any atom is 0.325 e. The van der Waals surface area contributed by atoms with Crippen molar-refractivity contribution in [2.24, 2.45) is 0 Å². The Hall–Kier alpha value is -1.43. The van der Waals surface area contributed by atoms with Gasteiger partial charge in [-0.15, -0.1) is 0 Å². The van der Waals surface area contributed by atoms with Gasteiger partial charge < -0.3 is 4.74 Å². The number of ketones is 1. The average Bonchev–Trinajstić information content (AvgIpc) is 2.17. The van der Waals surface area contributed by atoms with Crippen molar-refractivity contribution in [2.75, 3.05) is 6.61 Å². The highest BCUT2D eigenvalue weighted by atomic mass is 79.9. The van der Waals surface area contributed by atoms with E-state index in [-0.39, 0.29) is 27.3 Å². The van der Waals surface area contributed by atoms with Crippen molar-refractivity contribution in [2.45, 2.75) is 13.8 Å². The van der Waals surface area contributed by atoms with Crippen LogP contribution in [0.4, 0.5) is 5.69 Å². The molecule has 0 heterocycles. The first-order chi connectivity index (χ1) is 7.49. The van der Waals surface area contributed by atoms with Crippen molar-refractivity contribution in [3.05, 3.63) is 32.3 Å². The molecule has 0 aromatic heterocycles. The third kappa shape index (κ3) is 2.38. The predicted molar refractivity (Wildman–Crippen MR) is 62.0 cm³/mol. The molecule has 16 heavy (non-hydrogen) atoms. The summed E-state index contributed by atoms with van der Waals surface area (Å²) in [5.41, 5.74) is 0.0599. The number of nitrogens with zero attached hydrogens (tertiary/aromatic N) is 1. The van der Waals surface area contributed by atoms with E-state index in [0.717, 1.165) is 0 Å². The summed E-state index contributed by atoms with van der Waals surface area (Å²) in [7, 11) is 0. The number of hydrogen-bond donors (Lipinski definition) is 0. The number of benzene rings is 1. The third-order valence-corrected chi connectivity index (χ3v) is 2.74. The number of ether oxygens (including phenoxy) is 1. The largest absolute Gasteiger partial charge is 0.487 e. The number of rotatable bonds is 4. The fraction of sp³-hybridized carbons (Fsp3) is 0.300. The minimum atomic E-state index is -0.568. The number of halogens is 1. The van der Waals surface area contributed by atoms with Crippen LogP contribution in [0.1, 0.15) is 24.2 Å². The highest BCUT2D eigenvalue weighted by Gasteiger charge is 2.24. The Labute approximate surface area is 101 Å². The van der Waals surface area contributed by atoms with Crippen molar-refractivity contribution in [3.8, 4) is 5.75 Å². The van der Waals surface area contributed by atoms with E-state index in [1.165, 1.54) is 19.1 Å². The van der Waals surface area contributed by atoms with Crippen LogP contribution in [0, 0.1) is 10.1 Å². The van der Waals surface area contributed by atoms with Gasteiger partial charge in [-0.2, -0.15) is 0 Å². The first-order valence-corrected chi connectivity index (χ1v) is 5.39. The molecular weight excluding hydrogens is 278 g/mol. The van der Waals surface area contributed by atoms with Crippen LogP contribution in [0.15, 0.2) is 16.6 Å². The number of hydrogen-bond acceptors (Lipinski definition) is 4. The maximum absolute atomic E-state index is 11.2. The number of Topliss-reactive ketones (excluding diaryl/α,β-unsaturated/α-hetero) is 1. The molecule has 0 aliphatic carbocycles. The van der Waals surface area contributed by atoms with Gasteiger partial charge in [-0.1, -0.05) is 0 Å². The highest BCUT2D eigenvalue weighted by molar-refractivity contribution is 9.10. The van der Waals surface area contributed by atoms with Crippen LogP contribution in [0.3, 0.4) is 0 Å². The molecule has 0 radical (unpaired) electrons. The summed E-state index contributed by atoms with van der Waals surface area (Å²) in [5.74, 6) is -0.0811. The van der Waals surface area contributed by atoms with Gasteiger partial charge in [0.05, 0.1) is 11.5 Å². The molecule has 0 fully saturated rings. The van der Waals surface area contributed by atoms with E-state index in [1.54, 1.807) is 6.92 Å². The lowest BCUT2D eigenvalue weighted by Gasteiger charge is -2.07. The number of nitro groups is 1. The molecule has 0 saturated carbocycles. The Morgan fingerprint density at radius 2 is 2.19 bits per heavy atom. The molecule has 0 aliphatic rings. The van der Waals surface area contributed by atoms with Crippen LogP contribution >= 0.6 is 15.9 Å². The van der Waals surface area contributed by atoms with Gasteiger partial charge in [0.25, 0.3) is 0 Å². The van der Waals surface area contributed by atoms with Gasteiger partial charge in [-0.25, -0.2) is 0 Å². The smallest absolute Gasteiger partial charge is 0.325 e. The highest BCUT2D eigenvalue weighted by Crippen LogP contribution is 2.37. The van der Waals surface area contributed by atoms with E-state index < -0.39 is 4.92 Å². The summed E-state index contributed by atoms with van der Waals surface area (Å²) < 4.78 is 5.29. The molecule has 0 amide bonds. The van der Waals surface area contributed by atoms with Crippen LogP contribution in [-0.2, 0) is 0 Å². The lowest BCUT2D eigenvalue weighted by molar-refractivity contribution is -0.386. The Balaban J connectivity index is 3.41. The first-order valence-electron chi connectivity index (χ1n) is 4.59. The number of carbonyl (C=O) groups excluding carboxylic acids is 1. The molecule has 0 spiro atoms. The summed E-state index contributed by atoms with van der Waals surface area (Å²) in [6.07, 6.45) is 0. The summed E-state index contributed by atoms with van der Waals surface area (Å²) in [6.45, 7) is 3.41. The Bertz CT molecular complexity index is 445. The van der Waals surface area contributed by atoms with Gasteiger partial charge in [0.2, 0.25) is 0 Å². The zero-order valence-electron chi connectivity index (χ0n) is 8.82. The molecule has 86 valence electrons. The number of nitro benzene ring substituents is 1. The Kier molecular flexibility index (Phi) is 4.00. The van der Waals surface area contributed by atoms with Gasteiger partial charge >= 0.3 is 5.69 Å². The normalized spacial score (nSPS) is 9.94. The van der Waals surface area contributed by atoms with Crippen molar-refractivity contribution in [1.29, 1.82) is 0 Å². The molecule has 0 atom stereocenters. The van der Waals surface area contributed by atoms with Crippen LogP contribution in [0.5, 0.6) is 5.75 Å². The zero-order valence-corrected chi connectivity index (χ0v) is 10.4. The van der Waals surface area contributed by atoms with Crippen molar-refractivity contribution < 1.29 is 14.5 Å². The lowest BCUT2D eigenvalue weighted by atomic mass is 10.1.